The summed E-state index contributed by atoms with van der Waals surface area (Å²) in [6.45, 7) is 0.517. The molecule has 1 heterocycles. The Labute approximate surface area is 201 Å². The molecule has 7 nitrogen and oxygen atoms in total. The number of hydrogen-bond donors (Lipinski definition) is 2. The van der Waals surface area contributed by atoms with Crippen LogP contribution in [0.1, 0.15) is 41.6 Å². The van der Waals surface area contributed by atoms with Crippen LogP contribution in [0.5, 0.6) is 5.75 Å². The van der Waals surface area contributed by atoms with Crippen LogP contribution < -0.4 is 10.1 Å². The lowest BCUT2D eigenvalue weighted by Crippen LogP contribution is -2.29. The van der Waals surface area contributed by atoms with E-state index >= 15 is 0 Å². The molecule has 0 radical (unpaired) electrons. The summed E-state index contributed by atoms with van der Waals surface area (Å²) in [5.74, 6) is -0.482. The van der Waals surface area contributed by atoms with E-state index in [0.717, 1.165) is 24.2 Å². The minimum atomic E-state index is -1.01. The molecule has 3 rings (SSSR count). The number of unbranched alkanes of at least 4 members (excludes halogenated alkanes) is 2. The Hall–Kier alpha value is -3.17. The number of thioether (sulfide) groups is 1. The monoisotopic (exact) mass is 484 g/mol. The van der Waals surface area contributed by atoms with Crippen LogP contribution in [0.3, 0.4) is 0 Å². The lowest BCUT2D eigenvalue weighted by molar-refractivity contribution is -0.122. The molecule has 33 heavy (non-hydrogen) atoms. The van der Waals surface area contributed by atoms with Crippen molar-refractivity contribution in [2.24, 2.45) is 0 Å². The van der Waals surface area contributed by atoms with E-state index in [-0.39, 0.29) is 17.4 Å². The second-order valence-electron chi connectivity index (χ2n) is 7.35. The molecular formula is C24H24N2O5S2. The van der Waals surface area contributed by atoms with Crippen molar-refractivity contribution in [3.05, 3.63) is 64.6 Å². The molecule has 1 saturated heterocycles. The number of anilines is 1. The van der Waals surface area contributed by atoms with Crippen molar-refractivity contribution < 1.29 is 24.2 Å². The van der Waals surface area contributed by atoms with Crippen molar-refractivity contribution in [3.8, 4) is 5.75 Å². The Bertz CT molecular complexity index is 1070. The van der Waals surface area contributed by atoms with E-state index in [1.165, 1.54) is 23.9 Å². The maximum atomic E-state index is 12.7. The van der Waals surface area contributed by atoms with Crippen LogP contribution in [-0.2, 0) is 9.59 Å². The normalized spacial score (nSPS) is 14.6. The third kappa shape index (κ3) is 6.90. The fraction of sp³-hybridized carbons (Fsp3) is 0.250. The van der Waals surface area contributed by atoms with Crippen LogP contribution in [-0.4, -0.2) is 45.8 Å². The summed E-state index contributed by atoms with van der Waals surface area (Å²) < 4.78 is 5.69. The summed E-state index contributed by atoms with van der Waals surface area (Å²) in [5, 5.41) is 11.7. The van der Waals surface area contributed by atoms with Crippen molar-refractivity contribution in [3.63, 3.8) is 0 Å². The van der Waals surface area contributed by atoms with Gasteiger partial charge in [0.05, 0.1) is 17.6 Å². The van der Waals surface area contributed by atoms with Gasteiger partial charge in [0, 0.05) is 18.7 Å². The molecule has 0 aromatic heterocycles. The van der Waals surface area contributed by atoms with E-state index in [9.17, 15) is 14.4 Å². The van der Waals surface area contributed by atoms with Gasteiger partial charge in [-0.05, 0) is 60.9 Å². The lowest BCUT2D eigenvalue weighted by Gasteiger charge is -2.14. The van der Waals surface area contributed by atoms with E-state index < -0.39 is 5.97 Å². The molecular weight excluding hydrogens is 460 g/mol. The van der Waals surface area contributed by atoms with Crippen molar-refractivity contribution in [2.75, 3.05) is 19.0 Å². The second-order valence-corrected chi connectivity index (χ2v) is 9.02. The largest absolute Gasteiger partial charge is 0.497 e. The van der Waals surface area contributed by atoms with Crippen molar-refractivity contribution in [2.45, 2.75) is 25.7 Å². The molecule has 0 bridgehead atoms. The third-order valence-electron chi connectivity index (χ3n) is 4.99. The van der Waals surface area contributed by atoms with Crippen molar-refractivity contribution in [1.82, 2.24) is 4.90 Å². The lowest BCUT2D eigenvalue weighted by atomic mass is 10.1. The molecule has 172 valence electrons. The van der Waals surface area contributed by atoms with Crippen LogP contribution in [0.25, 0.3) is 6.08 Å². The maximum absolute atomic E-state index is 12.7. The molecule has 2 amide bonds. The number of amides is 2. The first kappa shape index (κ1) is 24.5. The van der Waals surface area contributed by atoms with Crippen LogP contribution >= 0.6 is 24.0 Å². The highest BCUT2D eigenvalue weighted by Gasteiger charge is 2.31. The summed E-state index contributed by atoms with van der Waals surface area (Å²) in [4.78, 5) is 37.9. The Morgan fingerprint density at radius 2 is 1.79 bits per heavy atom. The predicted octanol–water partition coefficient (Wildman–Crippen LogP) is 4.79. The number of benzene rings is 2. The Balaban J connectivity index is 1.40. The highest BCUT2D eigenvalue weighted by Crippen LogP contribution is 2.33. The summed E-state index contributed by atoms with van der Waals surface area (Å²) in [6, 6.07) is 13.5. The molecule has 2 aromatic carbocycles. The maximum Gasteiger partial charge on any atom is 0.335 e. The van der Waals surface area contributed by atoms with Gasteiger partial charge < -0.3 is 15.2 Å². The fourth-order valence-corrected chi connectivity index (χ4v) is 4.50. The topological polar surface area (TPSA) is 95.9 Å². The zero-order valence-electron chi connectivity index (χ0n) is 18.1. The minimum Gasteiger partial charge on any atom is -0.497 e. The number of nitrogens with one attached hydrogen (secondary N) is 1. The van der Waals surface area contributed by atoms with Crippen LogP contribution in [0.2, 0.25) is 0 Å². The number of carboxylic acid groups (broad SMARTS) is 1. The fourth-order valence-electron chi connectivity index (χ4n) is 3.20. The predicted molar refractivity (Wildman–Crippen MR) is 133 cm³/mol. The number of hydrogen-bond acceptors (Lipinski definition) is 6. The highest BCUT2D eigenvalue weighted by molar-refractivity contribution is 8.26. The average molecular weight is 485 g/mol. The molecule has 0 spiro atoms. The number of carbonyl (C=O) groups is 3. The summed E-state index contributed by atoms with van der Waals surface area (Å²) in [6.07, 6.45) is 4.36. The van der Waals surface area contributed by atoms with Gasteiger partial charge in [0.25, 0.3) is 5.91 Å². The van der Waals surface area contributed by atoms with E-state index in [1.807, 2.05) is 30.3 Å². The number of carboxylic acids is 1. The van der Waals surface area contributed by atoms with Crippen LogP contribution in [0.15, 0.2) is 53.4 Å². The summed E-state index contributed by atoms with van der Waals surface area (Å²) in [5.41, 5.74) is 1.63. The number of thiocarbonyl (C=S) groups is 1. The smallest absolute Gasteiger partial charge is 0.335 e. The van der Waals surface area contributed by atoms with Crippen molar-refractivity contribution in [1.29, 1.82) is 0 Å². The van der Waals surface area contributed by atoms with Gasteiger partial charge in [-0.25, -0.2) is 4.79 Å². The van der Waals surface area contributed by atoms with Gasteiger partial charge in [0.15, 0.2) is 0 Å². The quantitative estimate of drug-likeness (QED) is 0.284. The molecule has 2 aromatic rings. The zero-order valence-corrected chi connectivity index (χ0v) is 19.7. The Morgan fingerprint density at radius 3 is 2.42 bits per heavy atom. The van der Waals surface area contributed by atoms with Gasteiger partial charge in [-0.15, -0.1) is 0 Å². The number of nitrogens with zero attached hydrogens (tertiary/aromatic N) is 1. The van der Waals surface area contributed by atoms with Gasteiger partial charge in [0.2, 0.25) is 5.91 Å². The number of methoxy groups -OCH3 is 1. The first-order valence-electron chi connectivity index (χ1n) is 10.4. The molecule has 1 aliphatic rings. The molecule has 2 N–H and O–H groups in total. The van der Waals surface area contributed by atoms with Crippen LogP contribution in [0, 0.1) is 0 Å². The molecule has 0 atom stereocenters. The molecule has 1 fully saturated rings. The number of carbonyl (C=O) groups excluding carboxylic acids is 2. The zero-order chi connectivity index (χ0) is 23.8. The van der Waals surface area contributed by atoms with E-state index in [4.69, 9.17) is 22.1 Å². The molecule has 0 saturated carbocycles. The first-order valence-corrected chi connectivity index (χ1v) is 11.6. The van der Waals surface area contributed by atoms with Crippen molar-refractivity contribution >= 4 is 57.8 Å². The SMILES string of the molecule is COc1ccc(/C=C2/SC(=S)N(CCCCCC(=O)Nc3ccc(C(=O)O)cc3)C2=O)cc1. The summed E-state index contributed by atoms with van der Waals surface area (Å²) >= 11 is 6.67. The van der Waals surface area contributed by atoms with Gasteiger partial charge in [-0.2, -0.15) is 0 Å². The van der Waals surface area contributed by atoms with E-state index in [2.05, 4.69) is 5.32 Å². The Kier molecular flexibility index (Phi) is 8.62. The van der Waals surface area contributed by atoms with Crippen LogP contribution in [0.4, 0.5) is 5.69 Å². The first-order chi connectivity index (χ1) is 15.9. The van der Waals surface area contributed by atoms with E-state index in [1.54, 1.807) is 24.1 Å². The number of ether oxygens (including phenoxy) is 1. The van der Waals surface area contributed by atoms with Gasteiger partial charge in [0.1, 0.15) is 10.1 Å². The highest BCUT2D eigenvalue weighted by atomic mass is 32.2. The third-order valence-corrected chi connectivity index (χ3v) is 6.37. The second kappa shape index (κ2) is 11.6. The average Bonchev–Trinajstić information content (AvgIpc) is 3.07. The van der Waals surface area contributed by atoms with Gasteiger partial charge in [-0.1, -0.05) is 42.5 Å². The molecule has 0 aliphatic carbocycles. The molecule has 1 aliphatic heterocycles. The Morgan fingerprint density at radius 1 is 1.09 bits per heavy atom. The standard InChI is InChI=1S/C24H24N2O5S2/c1-31-19-12-6-16(7-13-19)15-20-22(28)26(24(32)33-20)14-4-2-3-5-21(27)25-18-10-8-17(9-11-18)23(29)30/h6-13,15H,2-5,14H2,1H3,(H,25,27)(H,29,30)/b20-15+. The van der Waals surface area contributed by atoms with Gasteiger partial charge >= 0.3 is 5.97 Å². The van der Waals surface area contributed by atoms with Gasteiger partial charge in [-0.3, -0.25) is 14.5 Å². The molecule has 0 unspecified atom stereocenters. The summed E-state index contributed by atoms with van der Waals surface area (Å²) in [7, 11) is 1.61. The number of aromatic carboxylic acids is 1. The molecule has 9 heteroatoms. The van der Waals surface area contributed by atoms with E-state index in [0.29, 0.717) is 34.3 Å². The minimum absolute atomic E-state index is 0.0941. The number of rotatable bonds is 10.